The van der Waals surface area contributed by atoms with Crippen molar-refractivity contribution in [1.82, 2.24) is 15.5 Å². The van der Waals surface area contributed by atoms with Crippen molar-refractivity contribution in [2.75, 3.05) is 7.05 Å². The van der Waals surface area contributed by atoms with Gasteiger partial charge in [-0.05, 0) is 24.7 Å². The van der Waals surface area contributed by atoms with Crippen LogP contribution in [0.4, 0.5) is 0 Å². The first-order valence-corrected chi connectivity index (χ1v) is 8.76. The fraction of sp³-hybridized carbons (Fsp3) is 0.438. The summed E-state index contributed by atoms with van der Waals surface area (Å²) in [7, 11) is 1.62. The van der Waals surface area contributed by atoms with Crippen molar-refractivity contribution in [3.63, 3.8) is 0 Å². The van der Waals surface area contributed by atoms with Gasteiger partial charge in [0.2, 0.25) is 11.8 Å². The molecule has 2 amide bonds. The predicted molar refractivity (Wildman–Crippen MR) is 90.9 cm³/mol. The van der Waals surface area contributed by atoms with Gasteiger partial charge < -0.3 is 25.7 Å². The molecule has 5 atom stereocenters. The number of phenolic OH excluding ortho intramolecular Hbond substituents is 1. The second-order valence-electron chi connectivity index (χ2n) is 6.06. The average molecular weight is 365 g/mol. The number of carbonyl (C=O) groups is 3. The maximum Gasteiger partial charge on any atom is 0.327 e. The quantitative estimate of drug-likeness (QED) is 0.538. The molecule has 2 aliphatic heterocycles. The Labute approximate surface area is 148 Å². The van der Waals surface area contributed by atoms with Gasteiger partial charge >= 0.3 is 5.97 Å². The Balaban J connectivity index is 1.70. The summed E-state index contributed by atoms with van der Waals surface area (Å²) in [5.74, 6) is -1.68. The highest BCUT2D eigenvalue weighted by molar-refractivity contribution is 8.01. The molecule has 0 aliphatic carbocycles. The number of aromatic hydroxyl groups is 1. The van der Waals surface area contributed by atoms with E-state index in [1.165, 1.54) is 28.8 Å². The lowest BCUT2D eigenvalue weighted by atomic mass is 10.0. The van der Waals surface area contributed by atoms with Gasteiger partial charge in [-0.2, -0.15) is 0 Å². The molecule has 2 saturated heterocycles. The number of carboxylic acids is 1. The van der Waals surface area contributed by atoms with Crippen LogP contribution in [0.3, 0.4) is 0 Å². The highest BCUT2D eigenvalue weighted by atomic mass is 32.2. The number of hydrogen-bond donors (Lipinski definition) is 4. The first-order chi connectivity index (χ1) is 11.8. The Morgan fingerprint density at radius 1 is 1.28 bits per heavy atom. The summed E-state index contributed by atoms with van der Waals surface area (Å²) in [6, 6.07) is 3.95. The van der Waals surface area contributed by atoms with E-state index < -0.39 is 24.1 Å². The van der Waals surface area contributed by atoms with Gasteiger partial charge in [-0.1, -0.05) is 19.1 Å². The van der Waals surface area contributed by atoms with Gasteiger partial charge in [0.15, 0.2) is 0 Å². The van der Waals surface area contributed by atoms with Gasteiger partial charge in [0.25, 0.3) is 0 Å². The van der Waals surface area contributed by atoms with Crippen LogP contribution < -0.4 is 10.6 Å². The van der Waals surface area contributed by atoms with Gasteiger partial charge in [0.05, 0.1) is 0 Å². The van der Waals surface area contributed by atoms with Crippen LogP contribution >= 0.6 is 11.8 Å². The molecule has 2 aliphatic rings. The fourth-order valence-electron chi connectivity index (χ4n) is 3.25. The van der Waals surface area contributed by atoms with Crippen molar-refractivity contribution < 1.29 is 24.6 Å². The Morgan fingerprint density at radius 2 is 1.92 bits per heavy atom. The number of benzene rings is 1. The Morgan fingerprint density at radius 3 is 2.48 bits per heavy atom. The molecule has 3 rings (SSSR count). The second kappa shape index (κ2) is 6.57. The fourth-order valence-corrected chi connectivity index (χ4v) is 4.80. The number of carbonyl (C=O) groups excluding carboxylic acids is 2. The molecule has 9 heteroatoms. The lowest BCUT2D eigenvalue weighted by Gasteiger charge is -2.43. The SMILES string of the molecule is CNC(C(=O)NC1C(=O)N2C1SC(C)[C@@H]2C(=O)O)c1ccc(O)cc1. The monoisotopic (exact) mass is 365 g/mol. The molecule has 4 N–H and O–H groups in total. The number of nitrogens with zero attached hydrogens (tertiary/aromatic N) is 1. The molecule has 1 aromatic carbocycles. The normalized spacial score (nSPS) is 28.9. The number of amides is 2. The van der Waals surface area contributed by atoms with E-state index in [0.29, 0.717) is 5.56 Å². The molecular weight excluding hydrogens is 346 g/mol. The van der Waals surface area contributed by atoms with Gasteiger partial charge in [-0.3, -0.25) is 9.59 Å². The molecule has 0 bridgehead atoms. The largest absolute Gasteiger partial charge is 0.508 e. The van der Waals surface area contributed by atoms with E-state index in [-0.39, 0.29) is 28.2 Å². The molecular formula is C16H19N3O5S. The number of thioether (sulfide) groups is 1. The lowest BCUT2D eigenvalue weighted by molar-refractivity contribution is -0.160. The number of hydrogen-bond acceptors (Lipinski definition) is 6. The summed E-state index contributed by atoms with van der Waals surface area (Å²) in [5.41, 5.74) is 0.650. The number of fused-ring (bicyclic) bond motifs is 1. The van der Waals surface area contributed by atoms with Gasteiger partial charge in [-0.15, -0.1) is 11.8 Å². The average Bonchev–Trinajstić information content (AvgIpc) is 2.89. The van der Waals surface area contributed by atoms with E-state index in [2.05, 4.69) is 10.6 Å². The second-order valence-corrected chi connectivity index (χ2v) is 7.56. The number of carboxylic acid groups (broad SMARTS) is 1. The van der Waals surface area contributed by atoms with Crippen LogP contribution in [0.15, 0.2) is 24.3 Å². The number of rotatable bonds is 5. The predicted octanol–water partition coefficient (Wildman–Crippen LogP) is -0.106. The minimum atomic E-state index is -1.03. The molecule has 4 unspecified atom stereocenters. The van der Waals surface area contributed by atoms with Crippen LogP contribution in [0, 0.1) is 0 Å². The minimum Gasteiger partial charge on any atom is -0.508 e. The first-order valence-electron chi connectivity index (χ1n) is 7.82. The zero-order chi connectivity index (χ0) is 18.3. The zero-order valence-corrected chi connectivity index (χ0v) is 14.5. The van der Waals surface area contributed by atoms with Crippen LogP contribution in [0.5, 0.6) is 5.75 Å². The van der Waals surface area contributed by atoms with Crippen LogP contribution in [-0.4, -0.2) is 62.7 Å². The van der Waals surface area contributed by atoms with Crippen LogP contribution in [0.2, 0.25) is 0 Å². The number of aliphatic carboxylic acids is 1. The van der Waals surface area contributed by atoms with Gasteiger partial charge in [0.1, 0.15) is 29.2 Å². The summed E-state index contributed by atoms with van der Waals surface area (Å²) in [6.07, 6.45) is 0. The summed E-state index contributed by atoms with van der Waals surface area (Å²) >= 11 is 1.38. The maximum atomic E-state index is 12.6. The number of nitrogens with one attached hydrogen (secondary N) is 2. The van der Waals surface area contributed by atoms with Crippen molar-refractivity contribution in [2.24, 2.45) is 0 Å². The third kappa shape index (κ3) is 2.93. The molecule has 25 heavy (non-hydrogen) atoms. The highest BCUT2D eigenvalue weighted by Gasteiger charge is 2.60. The van der Waals surface area contributed by atoms with Crippen LogP contribution in [-0.2, 0) is 14.4 Å². The molecule has 0 radical (unpaired) electrons. The van der Waals surface area contributed by atoms with E-state index >= 15 is 0 Å². The Hall–Kier alpha value is -2.26. The summed E-state index contributed by atoms with van der Waals surface area (Å²) in [5, 5.41) is 23.6. The van der Waals surface area contributed by atoms with E-state index in [0.717, 1.165) is 0 Å². The summed E-state index contributed by atoms with van der Waals surface area (Å²) in [4.78, 5) is 37.5. The maximum absolute atomic E-state index is 12.6. The van der Waals surface area contributed by atoms with E-state index in [1.54, 1.807) is 26.1 Å². The number of likely N-dealkylation sites (N-methyl/N-ethyl adjacent to an activating group) is 1. The number of β-lactam (4-membered cyclic amide) rings is 1. The summed E-state index contributed by atoms with van der Waals surface area (Å²) in [6.45, 7) is 1.76. The van der Waals surface area contributed by atoms with E-state index in [9.17, 15) is 24.6 Å². The topological polar surface area (TPSA) is 119 Å². The van der Waals surface area contributed by atoms with Gasteiger partial charge in [-0.25, -0.2) is 4.79 Å². The van der Waals surface area contributed by atoms with Crippen LogP contribution in [0.1, 0.15) is 18.5 Å². The molecule has 8 nitrogen and oxygen atoms in total. The Kier molecular flexibility index (Phi) is 4.61. The molecule has 1 aromatic rings. The first kappa shape index (κ1) is 17.6. The number of phenols is 1. The van der Waals surface area contributed by atoms with Crippen molar-refractivity contribution in [3.8, 4) is 5.75 Å². The van der Waals surface area contributed by atoms with Gasteiger partial charge in [0, 0.05) is 5.25 Å². The molecule has 134 valence electrons. The smallest absolute Gasteiger partial charge is 0.327 e. The van der Waals surface area contributed by atoms with Crippen molar-refractivity contribution >= 4 is 29.5 Å². The van der Waals surface area contributed by atoms with E-state index in [1.807, 2.05) is 0 Å². The molecule has 2 fully saturated rings. The molecule has 0 saturated carbocycles. The minimum absolute atomic E-state index is 0.0971. The Bertz CT molecular complexity index is 710. The van der Waals surface area contributed by atoms with Crippen molar-refractivity contribution in [2.45, 2.75) is 35.7 Å². The molecule has 2 heterocycles. The lowest BCUT2D eigenvalue weighted by Crippen LogP contribution is -2.70. The van der Waals surface area contributed by atoms with Crippen molar-refractivity contribution in [3.05, 3.63) is 29.8 Å². The third-order valence-electron chi connectivity index (χ3n) is 4.51. The standard InChI is InChI=1S/C16H19N3O5S/c1-7-12(16(23)24)19-14(22)11(15(19)25-7)18-13(21)10(17-2)8-3-5-9(20)6-4-8/h3-7,10-12,15,17,20H,1-2H3,(H,18,21)(H,23,24)/t7?,10?,11?,12-,15?/m1/s1. The molecule has 0 aromatic heterocycles. The highest BCUT2D eigenvalue weighted by Crippen LogP contribution is 2.44. The van der Waals surface area contributed by atoms with Crippen LogP contribution in [0.25, 0.3) is 0 Å². The van der Waals surface area contributed by atoms with E-state index in [4.69, 9.17) is 0 Å². The van der Waals surface area contributed by atoms with Crippen molar-refractivity contribution in [1.29, 1.82) is 0 Å². The third-order valence-corrected chi connectivity index (χ3v) is 5.97. The molecule has 0 spiro atoms. The summed E-state index contributed by atoms with van der Waals surface area (Å²) < 4.78 is 0. The zero-order valence-electron chi connectivity index (χ0n) is 13.7.